The number of rotatable bonds is 6. The summed E-state index contributed by atoms with van der Waals surface area (Å²) in [4.78, 5) is 10.9. The second-order valence-electron chi connectivity index (χ2n) is 4.94. The Balaban J connectivity index is 3.05. The lowest BCUT2D eigenvalue weighted by atomic mass is 9.76. The Labute approximate surface area is 114 Å². The molecular weight excluding hydrogens is 276 g/mol. The van der Waals surface area contributed by atoms with Crippen molar-refractivity contribution in [1.82, 2.24) is 5.01 Å². The molecule has 10 nitrogen and oxygen atoms in total. The van der Waals surface area contributed by atoms with Gasteiger partial charge in [-0.15, -0.1) is 4.91 Å². The van der Waals surface area contributed by atoms with Crippen LogP contribution in [0.5, 0.6) is 0 Å². The van der Waals surface area contributed by atoms with Crippen molar-refractivity contribution < 1.29 is 35.7 Å². The summed E-state index contributed by atoms with van der Waals surface area (Å²) in [6.45, 7) is -2.21. The van der Waals surface area contributed by atoms with Gasteiger partial charge in [0.1, 0.15) is 23.9 Å². The molecule has 20 heavy (non-hydrogen) atoms. The lowest BCUT2D eigenvalue weighted by Gasteiger charge is -2.47. The smallest absolute Gasteiger partial charge is 0.118 e. The second-order valence-corrected chi connectivity index (χ2v) is 4.94. The van der Waals surface area contributed by atoms with Crippen molar-refractivity contribution in [3.63, 3.8) is 0 Å². The van der Waals surface area contributed by atoms with Gasteiger partial charge in [-0.2, -0.15) is 0 Å². The van der Waals surface area contributed by atoms with Gasteiger partial charge in [-0.1, -0.05) is 0 Å². The second kappa shape index (κ2) is 6.72. The number of nitrogens with zero attached hydrogens (tertiary/aromatic N) is 2. The maximum absolute atomic E-state index is 10.9. The van der Waals surface area contributed by atoms with E-state index in [0.717, 1.165) is 0 Å². The molecule has 10 heteroatoms. The average Bonchev–Trinajstić information content (AvgIpc) is 2.46. The maximum atomic E-state index is 10.9. The van der Waals surface area contributed by atoms with Crippen molar-refractivity contribution in [2.24, 2.45) is 5.29 Å². The third-order valence-corrected chi connectivity index (χ3v) is 3.68. The molecule has 0 spiro atoms. The van der Waals surface area contributed by atoms with Gasteiger partial charge in [-0.05, 0) is 0 Å². The summed E-state index contributed by atoms with van der Waals surface area (Å²) in [7, 11) is 0. The summed E-state index contributed by atoms with van der Waals surface area (Å²) in [6, 6.07) is -2.43. The van der Waals surface area contributed by atoms with Crippen molar-refractivity contribution in [2.45, 2.75) is 42.4 Å². The van der Waals surface area contributed by atoms with E-state index in [-0.39, 0.29) is 0 Å². The topological polar surface area (TPSA) is 174 Å². The summed E-state index contributed by atoms with van der Waals surface area (Å²) in [5.41, 5.74) is -2.14. The van der Waals surface area contributed by atoms with Gasteiger partial charge in [0.05, 0.1) is 37.2 Å². The monoisotopic (exact) mass is 296 g/mol. The largest absolute Gasteiger partial charge is 0.394 e. The maximum Gasteiger partial charge on any atom is 0.118 e. The molecule has 0 aromatic carbocycles. The molecule has 1 aliphatic rings. The quantitative estimate of drug-likeness (QED) is 0.190. The van der Waals surface area contributed by atoms with Gasteiger partial charge in [-0.3, -0.25) is 0 Å². The fraction of sp³-hybridized carbons (Fsp3) is 1.00. The van der Waals surface area contributed by atoms with E-state index in [9.17, 15) is 25.3 Å². The number of nitroso groups, excluding NO2 is 1. The Hall–Kier alpha value is -0.880. The van der Waals surface area contributed by atoms with Crippen LogP contribution >= 0.6 is 0 Å². The minimum absolute atomic E-state index is 0.481. The Morgan fingerprint density at radius 1 is 1.15 bits per heavy atom. The molecule has 0 heterocycles. The van der Waals surface area contributed by atoms with Gasteiger partial charge in [0.15, 0.2) is 0 Å². The highest BCUT2D eigenvalue weighted by Crippen LogP contribution is 2.33. The molecule has 0 amide bonds. The van der Waals surface area contributed by atoms with Crippen LogP contribution < -0.4 is 0 Å². The van der Waals surface area contributed by atoms with E-state index in [1.165, 1.54) is 0 Å². The molecule has 118 valence electrons. The van der Waals surface area contributed by atoms with E-state index in [2.05, 4.69) is 5.29 Å². The molecule has 1 rings (SSSR count). The molecular formula is C10H20N2O8. The molecule has 0 unspecified atom stereocenters. The third kappa shape index (κ3) is 2.91. The Kier molecular flexibility index (Phi) is 5.77. The van der Waals surface area contributed by atoms with Crippen LogP contribution in [0.1, 0.15) is 6.42 Å². The number of hydrogen-bond donors (Lipinski definition) is 7. The molecule has 7 N–H and O–H groups in total. The van der Waals surface area contributed by atoms with E-state index < -0.39 is 62.2 Å². The van der Waals surface area contributed by atoms with Gasteiger partial charge in [0.25, 0.3) is 0 Å². The van der Waals surface area contributed by atoms with Crippen LogP contribution in [-0.4, -0.2) is 96.6 Å². The van der Waals surface area contributed by atoms with E-state index >= 15 is 0 Å². The molecule has 0 aromatic rings. The summed E-state index contributed by atoms with van der Waals surface area (Å²) < 4.78 is 0. The first-order chi connectivity index (χ1) is 9.36. The van der Waals surface area contributed by atoms with Crippen LogP contribution in [-0.2, 0) is 0 Å². The molecule has 1 saturated carbocycles. The Bertz CT molecular complexity index is 328. The van der Waals surface area contributed by atoms with Gasteiger partial charge >= 0.3 is 0 Å². The van der Waals surface area contributed by atoms with Crippen LogP contribution in [0.15, 0.2) is 5.29 Å². The van der Waals surface area contributed by atoms with Gasteiger partial charge in [-0.25, -0.2) is 5.01 Å². The van der Waals surface area contributed by atoms with Gasteiger partial charge < -0.3 is 35.7 Å². The van der Waals surface area contributed by atoms with Crippen LogP contribution in [0.4, 0.5) is 0 Å². The summed E-state index contributed by atoms with van der Waals surface area (Å²) >= 11 is 0. The van der Waals surface area contributed by atoms with Gasteiger partial charge in [0.2, 0.25) is 0 Å². The van der Waals surface area contributed by atoms with Crippen molar-refractivity contribution in [3.05, 3.63) is 4.91 Å². The number of aliphatic hydroxyl groups excluding tert-OH is 6. The SMILES string of the molecule is O=NN(C(CO)CO)[C@@H]1C[C@@](O)(CO)[C@H](O)[C@@H](O)[C@@H]1O. The normalized spacial score (nSPS) is 38.0. The number of aliphatic hydroxyl groups is 7. The van der Waals surface area contributed by atoms with Crippen molar-refractivity contribution >= 4 is 0 Å². The zero-order valence-electron chi connectivity index (χ0n) is 10.6. The van der Waals surface area contributed by atoms with Crippen LogP contribution in [0, 0.1) is 4.91 Å². The van der Waals surface area contributed by atoms with Crippen molar-refractivity contribution in [2.75, 3.05) is 19.8 Å². The lowest BCUT2D eigenvalue weighted by Crippen LogP contribution is -2.68. The number of hydrogen-bond acceptors (Lipinski definition) is 9. The lowest BCUT2D eigenvalue weighted by molar-refractivity contribution is -0.223. The zero-order chi connectivity index (χ0) is 15.5. The van der Waals surface area contributed by atoms with Gasteiger partial charge in [0, 0.05) is 6.42 Å². The third-order valence-electron chi connectivity index (χ3n) is 3.68. The average molecular weight is 296 g/mol. The summed E-state index contributed by atoms with van der Waals surface area (Å²) in [6.07, 6.45) is -5.78. The minimum atomic E-state index is -2.14. The van der Waals surface area contributed by atoms with E-state index in [1.54, 1.807) is 0 Å². The Morgan fingerprint density at radius 3 is 2.10 bits per heavy atom. The fourth-order valence-electron chi connectivity index (χ4n) is 2.37. The standard InChI is InChI=1S/C10H20N2O8/c13-2-5(3-14)12(11-20)6-1-10(19,4-15)9(18)8(17)7(6)16/h5-9,13-19H,1-4H2/t6-,7-,8+,9-,10-/m1/s1. The van der Waals surface area contributed by atoms with E-state index in [0.29, 0.717) is 5.01 Å². The molecule has 5 atom stereocenters. The van der Waals surface area contributed by atoms with E-state index in [1.807, 2.05) is 0 Å². The fourth-order valence-corrected chi connectivity index (χ4v) is 2.37. The summed E-state index contributed by atoms with van der Waals surface area (Å²) in [5, 5.41) is 69.6. The zero-order valence-corrected chi connectivity index (χ0v) is 10.6. The highest BCUT2D eigenvalue weighted by atomic mass is 16.4. The first-order valence-electron chi connectivity index (χ1n) is 6.07. The highest BCUT2D eigenvalue weighted by Gasteiger charge is 2.53. The Morgan fingerprint density at radius 2 is 1.70 bits per heavy atom. The predicted octanol–water partition coefficient (Wildman–Crippen LogP) is -4.10. The molecule has 1 fully saturated rings. The molecule has 1 aliphatic carbocycles. The highest BCUT2D eigenvalue weighted by molar-refractivity contribution is 5.05. The molecule has 0 saturated heterocycles. The summed E-state index contributed by atoms with van der Waals surface area (Å²) in [5.74, 6) is 0. The van der Waals surface area contributed by atoms with Crippen LogP contribution in [0.2, 0.25) is 0 Å². The predicted molar refractivity (Wildman–Crippen MR) is 64.1 cm³/mol. The van der Waals surface area contributed by atoms with Crippen molar-refractivity contribution in [1.29, 1.82) is 0 Å². The molecule has 0 bridgehead atoms. The van der Waals surface area contributed by atoms with Crippen molar-refractivity contribution in [3.8, 4) is 0 Å². The first-order valence-corrected chi connectivity index (χ1v) is 6.07. The van der Waals surface area contributed by atoms with E-state index in [4.69, 9.17) is 15.3 Å². The molecule has 0 aliphatic heterocycles. The first kappa shape index (κ1) is 17.2. The molecule has 0 radical (unpaired) electrons. The minimum Gasteiger partial charge on any atom is -0.394 e. The van der Waals surface area contributed by atoms with Crippen LogP contribution in [0.25, 0.3) is 0 Å². The molecule has 0 aromatic heterocycles. The van der Waals surface area contributed by atoms with Crippen LogP contribution in [0.3, 0.4) is 0 Å².